The zero-order valence-corrected chi connectivity index (χ0v) is 15.5. The van der Waals surface area contributed by atoms with Gasteiger partial charge in [-0.25, -0.2) is 4.99 Å². The Morgan fingerprint density at radius 1 is 1.14 bits per heavy atom. The minimum atomic E-state index is -2.89. The zero-order valence-electron chi connectivity index (χ0n) is 15.5. The van der Waals surface area contributed by atoms with Gasteiger partial charge in [0.1, 0.15) is 12.4 Å². The van der Waals surface area contributed by atoms with Crippen LogP contribution in [-0.4, -0.2) is 29.2 Å². The maximum absolute atomic E-state index is 12.6. The van der Waals surface area contributed by atoms with Crippen LogP contribution >= 0.6 is 0 Å². The third kappa shape index (κ3) is 3.61. The molecule has 1 aromatic heterocycles. The van der Waals surface area contributed by atoms with E-state index in [1.54, 1.807) is 37.6 Å². The molecule has 1 aliphatic heterocycles. The minimum absolute atomic E-state index is 0.0699. The highest BCUT2D eigenvalue weighted by atomic mass is 19.3. The molecule has 2 N–H and O–H groups in total. The SMILES string of the molecule is Cc1cc([C@@]2(c3cccc(-c4cnccn4)c3)COC(N)=N2)ccc1OC(F)F. The fourth-order valence-electron chi connectivity index (χ4n) is 3.41. The molecule has 0 spiro atoms. The molecule has 0 fully saturated rings. The van der Waals surface area contributed by atoms with Crippen LogP contribution in [0, 0.1) is 6.92 Å². The van der Waals surface area contributed by atoms with Gasteiger partial charge in [0.15, 0.2) is 5.54 Å². The average molecular weight is 396 g/mol. The summed E-state index contributed by atoms with van der Waals surface area (Å²) in [6, 6.07) is 12.7. The van der Waals surface area contributed by atoms with E-state index in [1.807, 2.05) is 24.3 Å². The van der Waals surface area contributed by atoms with Gasteiger partial charge in [-0.1, -0.05) is 24.3 Å². The summed E-state index contributed by atoms with van der Waals surface area (Å²) in [4.78, 5) is 13.0. The Bertz CT molecular complexity index is 1060. The number of nitrogens with zero attached hydrogens (tertiary/aromatic N) is 3. The quantitative estimate of drug-likeness (QED) is 0.712. The number of ether oxygens (including phenoxy) is 2. The lowest BCUT2D eigenvalue weighted by molar-refractivity contribution is -0.0503. The molecule has 1 aliphatic rings. The summed E-state index contributed by atoms with van der Waals surface area (Å²) in [6.07, 6.45) is 4.91. The molecule has 8 heteroatoms. The fourth-order valence-corrected chi connectivity index (χ4v) is 3.41. The molecule has 1 atom stereocenters. The van der Waals surface area contributed by atoms with Gasteiger partial charge in [-0.15, -0.1) is 0 Å². The first-order chi connectivity index (χ1) is 14.0. The van der Waals surface area contributed by atoms with Crippen molar-refractivity contribution in [3.8, 4) is 17.0 Å². The van der Waals surface area contributed by atoms with Gasteiger partial charge in [0.2, 0.25) is 0 Å². The van der Waals surface area contributed by atoms with E-state index in [0.717, 1.165) is 22.4 Å². The van der Waals surface area contributed by atoms with E-state index in [9.17, 15) is 8.78 Å². The Kier molecular flexibility index (Phi) is 4.84. The summed E-state index contributed by atoms with van der Waals surface area (Å²) >= 11 is 0. The van der Waals surface area contributed by atoms with E-state index in [2.05, 4.69) is 19.7 Å². The van der Waals surface area contributed by atoms with E-state index < -0.39 is 12.2 Å². The Morgan fingerprint density at radius 2 is 1.97 bits per heavy atom. The zero-order chi connectivity index (χ0) is 20.4. The third-order valence-corrected chi connectivity index (χ3v) is 4.80. The topological polar surface area (TPSA) is 82.6 Å². The number of hydrogen-bond donors (Lipinski definition) is 1. The predicted octanol–water partition coefficient (Wildman–Crippen LogP) is 3.64. The van der Waals surface area contributed by atoms with Gasteiger partial charge in [-0.2, -0.15) is 8.78 Å². The van der Waals surface area contributed by atoms with Crippen LogP contribution in [0.2, 0.25) is 0 Å². The molecule has 148 valence electrons. The molecule has 2 aromatic carbocycles. The van der Waals surface area contributed by atoms with Crippen molar-refractivity contribution in [2.24, 2.45) is 10.7 Å². The van der Waals surface area contributed by atoms with E-state index in [4.69, 9.17) is 10.5 Å². The van der Waals surface area contributed by atoms with E-state index in [1.165, 1.54) is 6.07 Å². The second-order valence-corrected chi connectivity index (χ2v) is 6.63. The Balaban J connectivity index is 1.81. The van der Waals surface area contributed by atoms with Crippen LogP contribution in [0.5, 0.6) is 5.75 Å². The van der Waals surface area contributed by atoms with Crippen LogP contribution < -0.4 is 10.5 Å². The maximum atomic E-state index is 12.6. The molecule has 0 amide bonds. The van der Waals surface area contributed by atoms with E-state index >= 15 is 0 Å². The van der Waals surface area contributed by atoms with Crippen LogP contribution in [0.3, 0.4) is 0 Å². The molecule has 0 radical (unpaired) electrons. The molecule has 0 unspecified atom stereocenters. The van der Waals surface area contributed by atoms with Crippen molar-refractivity contribution in [3.63, 3.8) is 0 Å². The van der Waals surface area contributed by atoms with Crippen LogP contribution in [0.25, 0.3) is 11.3 Å². The van der Waals surface area contributed by atoms with Gasteiger partial charge in [0.05, 0.1) is 11.9 Å². The first kappa shape index (κ1) is 18.8. The lowest BCUT2D eigenvalue weighted by Crippen LogP contribution is -2.27. The van der Waals surface area contributed by atoms with Gasteiger partial charge < -0.3 is 15.2 Å². The summed E-state index contributed by atoms with van der Waals surface area (Å²) in [7, 11) is 0. The molecule has 0 saturated carbocycles. The van der Waals surface area contributed by atoms with Crippen LogP contribution in [-0.2, 0) is 10.3 Å². The second kappa shape index (κ2) is 7.46. The summed E-state index contributed by atoms with van der Waals surface area (Å²) in [5.41, 5.74) is 8.69. The number of hydrogen-bond acceptors (Lipinski definition) is 6. The number of aromatic nitrogens is 2. The first-order valence-corrected chi connectivity index (χ1v) is 8.89. The Hall–Kier alpha value is -3.55. The van der Waals surface area contributed by atoms with Gasteiger partial charge >= 0.3 is 6.61 Å². The minimum Gasteiger partial charge on any atom is -0.462 e. The highest BCUT2D eigenvalue weighted by molar-refractivity contribution is 5.75. The van der Waals surface area contributed by atoms with Crippen molar-refractivity contribution < 1.29 is 18.3 Å². The normalized spacial score (nSPS) is 18.4. The molecule has 4 rings (SSSR count). The molecule has 29 heavy (non-hydrogen) atoms. The highest BCUT2D eigenvalue weighted by Gasteiger charge is 2.40. The summed E-state index contributed by atoms with van der Waals surface area (Å²) in [6.45, 7) is -0.994. The van der Waals surface area contributed by atoms with Crippen molar-refractivity contribution in [2.75, 3.05) is 6.61 Å². The van der Waals surface area contributed by atoms with Crippen LogP contribution in [0.1, 0.15) is 16.7 Å². The van der Waals surface area contributed by atoms with Crippen molar-refractivity contribution in [3.05, 3.63) is 77.7 Å². The number of rotatable bonds is 5. The standard InChI is InChI=1S/C21H18F2N4O2/c1-13-9-16(5-6-18(13)29-19(22)23)21(12-28-20(24)27-21)15-4-2-3-14(10-15)17-11-25-7-8-26-17/h2-11,19H,12H2,1H3,(H2,24,27)/t21-/m0/s1. The number of alkyl halides is 2. The van der Waals surface area contributed by atoms with Crippen molar-refractivity contribution in [2.45, 2.75) is 19.1 Å². The highest BCUT2D eigenvalue weighted by Crippen LogP contribution is 2.40. The largest absolute Gasteiger partial charge is 0.462 e. The molecule has 6 nitrogen and oxygen atoms in total. The third-order valence-electron chi connectivity index (χ3n) is 4.80. The number of aryl methyl sites for hydroxylation is 1. The first-order valence-electron chi connectivity index (χ1n) is 8.89. The maximum Gasteiger partial charge on any atom is 0.387 e. The molecule has 3 aromatic rings. The van der Waals surface area contributed by atoms with E-state index in [-0.39, 0.29) is 18.4 Å². The molecule has 0 saturated heterocycles. The predicted molar refractivity (Wildman–Crippen MR) is 104 cm³/mol. The van der Waals surface area contributed by atoms with E-state index in [0.29, 0.717) is 5.56 Å². The monoisotopic (exact) mass is 396 g/mol. The Labute approximate surface area is 166 Å². The molecule has 0 bridgehead atoms. The summed E-state index contributed by atoms with van der Waals surface area (Å²) in [5, 5.41) is 0. The second-order valence-electron chi connectivity index (χ2n) is 6.63. The lowest BCUT2D eigenvalue weighted by atomic mass is 9.83. The molecular formula is C21H18F2N4O2. The van der Waals surface area contributed by atoms with Gasteiger partial charge in [-0.05, 0) is 41.8 Å². The number of aliphatic imine (C=N–C) groups is 1. The molecular weight excluding hydrogens is 378 g/mol. The lowest BCUT2D eigenvalue weighted by Gasteiger charge is -2.26. The molecule has 0 aliphatic carbocycles. The molecule has 2 heterocycles. The van der Waals surface area contributed by atoms with Gasteiger partial charge in [0.25, 0.3) is 6.02 Å². The van der Waals surface area contributed by atoms with Crippen molar-refractivity contribution in [1.82, 2.24) is 9.97 Å². The average Bonchev–Trinajstić information content (AvgIpc) is 3.13. The van der Waals surface area contributed by atoms with Gasteiger partial charge in [0, 0.05) is 18.0 Å². The van der Waals surface area contributed by atoms with Gasteiger partial charge in [-0.3, -0.25) is 9.97 Å². The van der Waals surface area contributed by atoms with Crippen molar-refractivity contribution >= 4 is 6.02 Å². The van der Waals surface area contributed by atoms with Crippen molar-refractivity contribution in [1.29, 1.82) is 0 Å². The van der Waals surface area contributed by atoms with Crippen LogP contribution in [0.15, 0.2) is 66.0 Å². The summed E-state index contributed by atoms with van der Waals surface area (Å²) in [5.74, 6) is 0.114. The smallest absolute Gasteiger partial charge is 0.387 e. The number of halogens is 2. The number of amidine groups is 1. The number of nitrogens with two attached hydrogens (primary N) is 1. The summed E-state index contributed by atoms with van der Waals surface area (Å²) < 4.78 is 35.3. The fraction of sp³-hybridized carbons (Fsp3) is 0.190. The van der Waals surface area contributed by atoms with Crippen LogP contribution in [0.4, 0.5) is 8.78 Å². The Morgan fingerprint density at radius 3 is 2.62 bits per heavy atom. The number of benzene rings is 2.